The summed E-state index contributed by atoms with van der Waals surface area (Å²) in [5.74, 6) is 0. The van der Waals surface area contributed by atoms with Crippen LogP contribution in [0.2, 0.25) is 0 Å². The molecule has 3 rings (SSSR count). The second kappa shape index (κ2) is 4.86. The summed E-state index contributed by atoms with van der Waals surface area (Å²) in [5.41, 5.74) is 1.75. The molecule has 0 radical (unpaired) electrons. The third kappa shape index (κ3) is 2.10. The van der Waals surface area contributed by atoms with E-state index in [0.717, 1.165) is 11.1 Å². The molecule has 1 aliphatic heterocycles. The highest BCUT2D eigenvalue weighted by Gasteiger charge is 2.42. The second-order valence-electron chi connectivity index (χ2n) is 4.66. The normalized spacial score (nSPS) is 31.1. The van der Waals surface area contributed by atoms with Crippen LogP contribution in [0.3, 0.4) is 0 Å². The number of hydrogen-bond acceptors (Lipinski definition) is 6. The van der Waals surface area contributed by atoms with E-state index in [9.17, 15) is 10.2 Å². The molecule has 1 saturated heterocycles. The van der Waals surface area contributed by atoms with Crippen molar-refractivity contribution >= 4 is 5.52 Å². The minimum Gasteiger partial charge on any atom is -0.394 e. The number of ether oxygens (including phenoxy) is 1. The van der Waals surface area contributed by atoms with Crippen LogP contribution in [0.25, 0.3) is 5.52 Å². The lowest BCUT2D eigenvalue weighted by molar-refractivity contribution is -0.0215. The van der Waals surface area contributed by atoms with Crippen molar-refractivity contribution in [2.75, 3.05) is 6.61 Å². The molecule has 0 aliphatic carbocycles. The van der Waals surface area contributed by atoms with Gasteiger partial charge in [-0.3, -0.25) is 0 Å². The Kier molecular flexibility index (Phi) is 3.19. The van der Waals surface area contributed by atoms with Gasteiger partial charge in [0.25, 0.3) is 0 Å². The summed E-state index contributed by atoms with van der Waals surface area (Å²) < 4.78 is 7.10. The molecule has 3 N–H and O–H groups in total. The Morgan fingerprint density at radius 3 is 2.79 bits per heavy atom. The predicted molar refractivity (Wildman–Crippen MR) is 64.5 cm³/mol. The maximum atomic E-state index is 9.92. The van der Waals surface area contributed by atoms with Gasteiger partial charge in [0.05, 0.1) is 24.4 Å². The Bertz CT molecular complexity index is 573. The molecule has 0 saturated carbocycles. The Balaban J connectivity index is 1.84. The van der Waals surface area contributed by atoms with Crippen LogP contribution in [0, 0.1) is 0 Å². The van der Waals surface area contributed by atoms with E-state index in [0.29, 0.717) is 6.42 Å². The van der Waals surface area contributed by atoms with Gasteiger partial charge >= 0.3 is 0 Å². The van der Waals surface area contributed by atoms with Crippen molar-refractivity contribution in [3.05, 3.63) is 30.4 Å². The van der Waals surface area contributed by atoms with Crippen molar-refractivity contribution < 1.29 is 20.1 Å². The van der Waals surface area contributed by atoms with E-state index < -0.39 is 24.4 Å². The molecule has 1 aliphatic rings. The van der Waals surface area contributed by atoms with Crippen LogP contribution in [0.5, 0.6) is 0 Å². The minimum atomic E-state index is -1.06. The van der Waals surface area contributed by atoms with Gasteiger partial charge in [-0.1, -0.05) is 0 Å². The summed E-state index contributed by atoms with van der Waals surface area (Å²) >= 11 is 0. The summed E-state index contributed by atoms with van der Waals surface area (Å²) in [6.07, 6.45) is 2.00. The van der Waals surface area contributed by atoms with Gasteiger partial charge in [-0.2, -0.15) is 5.10 Å². The Labute approximate surface area is 109 Å². The first-order valence-corrected chi connectivity index (χ1v) is 6.09. The Morgan fingerprint density at radius 1 is 1.26 bits per heavy atom. The molecule has 0 aromatic carbocycles. The average molecular weight is 265 g/mol. The van der Waals surface area contributed by atoms with Gasteiger partial charge < -0.3 is 20.1 Å². The summed E-state index contributed by atoms with van der Waals surface area (Å²) in [7, 11) is 0. The monoisotopic (exact) mass is 265 g/mol. The molecule has 4 atom stereocenters. The summed E-state index contributed by atoms with van der Waals surface area (Å²) in [6, 6.07) is 1.83. The van der Waals surface area contributed by atoms with Crippen LogP contribution in [0.15, 0.2) is 24.8 Å². The fraction of sp³-hybridized carbons (Fsp3) is 0.500. The van der Waals surface area contributed by atoms with Crippen molar-refractivity contribution in [3.63, 3.8) is 0 Å². The molecule has 7 nitrogen and oxygen atoms in total. The maximum absolute atomic E-state index is 9.92. The maximum Gasteiger partial charge on any atom is 0.117 e. The van der Waals surface area contributed by atoms with Crippen molar-refractivity contribution in [1.29, 1.82) is 0 Å². The molecule has 1 fully saturated rings. The SMILES string of the molecule is OC[C@H]1OC(Cc2ccnn3cncc23)[C@H](O)[C@@H]1O. The van der Waals surface area contributed by atoms with E-state index in [1.807, 2.05) is 6.07 Å². The first kappa shape index (κ1) is 12.5. The number of aliphatic hydroxyl groups excluding tert-OH is 3. The number of aromatic nitrogens is 3. The van der Waals surface area contributed by atoms with Crippen LogP contribution in [0.4, 0.5) is 0 Å². The lowest BCUT2D eigenvalue weighted by atomic mass is 10.0. The number of imidazole rings is 1. The minimum absolute atomic E-state index is 0.312. The van der Waals surface area contributed by atoms with Gasteiger partial charge in [-0.25, -0.2) is 9.50 Å². The zero-order chi connectivity index (χ0) is 13.4. The van der Waals surface area contributed by atoms with Gasteiger partial charge in [0.2, 0.25) is 0 Å². The highest BCUT2D eigenvalue weighted by Crippen LogP contribution is 2.25. The molecule has 1 unspecified atom stereocenters. The Morgan fingerprint density at radius 2 is 2.05 bits per heavy atom. The molecule has 0 spiro atoms. The largest absolute Gasteiger partial charge is 0.394 e. The average Bonchev–Trinajstić information content (AvgIpc) is 2.99. The molecule has 0 amide bonds. The first-order chi connectivity index (χ1) is 9.20. The van der Waals surface area contributed by atoms with Crippen molar-refractivity contribution in [2.24, 2.45) is 0 Å². The third-order valence-electron chi connectivity index (χ3n) is 3.48. The highest BCUT2D eigenvalue weighted by atomic mass is 16.6. The molecule has 0 bridgehead atoms. The van der Waals surface area contributed by atoms with Crippen molar-refractivity contribution in [2.45, 2.75) is 30.8 Å². The molecule has 2 aromatic rings. The number of hydrogen-bond donors (Lipinski definition) is 3. The van der Waals surface area contributed by atoms with Crippen LogP contribution in [0.1, 0.15) is 5.56 Å². The van der Waals surface area contributed by atoms with E-state index in [4.69, 9.17) is 9.84 Å². The van der Waals surface area contributed by atoms with Gasteiger partial charge in [0.1, 0.15) is 24.6 Å². The number of nitrogens with zero attached hydrogens (tertiary/aromatic N) is 3. The van der Waals surface area contributed by atoms with Crippen LogP contribution < -0.4 is 0 Å². The van der Waals surface area contributed by atoms with Crippen LogP contribution >= 0.6 is 0 Å². The predicted octanol–water partition coefficient (Wildman–Crippen LogP) is -1.25. The quantitative estimate of drug-likeness (QED) is 0.641. The topological polar surface area (TPSA) is 100 Å². The summed E-state index contributed by atoms with van der Waals surface area (Å²) in [6.45, 7) is -0.312. The molecular weight excluding hydrogens is 250 g/mol. The number of aliphatic hydroxyl groups is 3. The first-order valence-electron chi connectivity index (χ1n) is 6.09. The fourth-order valence-corrected chi connectivity index (χ4v) is 2.43. The molecule has 2 aromatic heterocycles. The van der Waals surface area contributed by atoms with Crippen LogP contribution in [-0.4, -0.2) is 60.9 Å². The van der Waals surface area contributed by atoms with E-state index in [2.05, 4.69) is 10.1 Å². The van der Waals surface area contributed by atoms with E-state index in [1.54, 1.807) is 23.2 Å². The van der Waals surface area contributed by atoms with E-state index in [-0.39, 0.29) is 6.61 Å². The second-order valence-corrected chi connectivity index (χ2v) is 4.66. The highest BCUT2D eigenvalue weighted by molar-refractivity contribution is 5.51. The molecule has 19 heavy (non-hydrogen) atoms. The molecule has 7 heteroatoms. The van der Waals surface area contributed by atoms with Gasteiger partial charge in [0, 0.05) is 12.6 Å². The van der Waals surface area contributed by atoms with Gasteiger partial charge in [-0.15, -0.1) is 0 Å². The Hall–Kier alpha value is -1.54. The smallest absolute Gasteiger partial charge is 0.117 e. The van der Waals surface area contributed by atoms with E-state index in [1.165, 1.54) is 0 Å². The lowest BCUT2D eigenvalue weighted by Gasteiger charge is -2.14. The van der Waals surface area contributed by atoms with Gasteiger partial charge in [-0.05, 0) is 11.6 Å². The van der Waals surface area contributed by atoms with Crippen LogP contribution in [-0.2, 0) is 11.2 Å². The zero-order valence-corrected chi connectivity index (χ0v) is 10.1. The van der Waals surface area contributed by atoms with Crippen molar-refractivity contribution in [3.8, 4) is 0 Å². The lowest BCUT2D eigenvalue weighted by Crippen LogP contribution is -2.34. The summed E-state index contributed by atoms with van der Waals surface area (Å²) in [5, 5.41) is 32.8. The molecule has 3 heterocycles. The summed E-state index contributed by atoms with van der Waals surface area (Å²) in [4.78, 5) is 4.01. The number of fused-ring (bicyclic) bond motifs is 1. The standard InChI is InChI=1S/C12H15N3O4/c16-5-10-12(18)11(17)9(19-10)3-7-1-2-14-15-6-13-4-8(7)15/h1-2,4,6,9-12,16-18H,3,5H2/t9?,10-,11+,12-/m1/s1. The van der Waals surface area contributed by atoms with Crippen molar-refractivity contribution in [1.82, 2.24) is 14.6 Å². The molecular formula is C12H15N3O4. The fourth-order valence-electron chi connectivity index (χ4n) is 2.43. The zero-order valence-electron chi connectivity index (χ0n) is 10.1. The number of rotatable bonds is 3. The third-order valence-corrected chi connectivity index (χ3v) is 3.48. The van der Waals surface area contributed by atoms with E-state index >= 15 is 0 Å². The molecule has 102 valence electrons. The van der Waals surface area contributed by atoms with Gasteiger partial charge in [0.15, 0.2) is 0 Å².